The van der Waals surface area contributed by atoms with Crippen molar-refractivity contribution in [1.29, 1.82) is 0 Å². The molecule has 0 aliphatic heterocycles. The molecule has 1 radical (unpaired) electrons. The number of aryl methyl sites for hydroxylation is 3. The maximum absolute atomic E-state index is 12.4. The predicted molar refractivity (Wildman–Crippen MR) is 183 cm³/mol. The van der Waals surface area contributed by atoms with Gasteiger partial charge < -0.3 is 15.2 Å². The van der Waals surface area contributed by atoms with E-state index in [0.717, 1.165) is 5.69 Å². The van der Waals surface area contributed by atoms with Crippen LogP contribution in [0.1, 0.15) is 16.7 Å². The third kappa shape index (κ3) is 8.07. The van der Waals surface area contributed by atoms with Gasteiger partial charge in [-0.2, -0.15) is 21.9 Å². The van der Waals surface area contributed by atoms with E-state index in [9.17, 15) is 31.0 Å². The first kappa shape index (κ1) is 36.6. The van der Waals surface area contributed by atoms with Crippen LogP contribution in [-0.2, 0) is 20.2 Å². The summed E-state index contributed by atoms with van der Waals surface area (Å²) >= 11 is 0. The molecule has 0 spiro atoms. The van der Waals surface area contributed by atoms with Gasteiger partial charge in [-0.05, 0) is 91.4 Å². The Kier molecular flexibility index (Phi) is 11.1. The van der Waals surface area contributed by atoms with Crippen molar-refractivity contribution < 1.29 is 35.8 Å². The third-order valence-electron chi connectivity index (χ3n) is 7.09. The van der Waals surface area contributed by atoms with Gasteiger partial charge in [-0.25, -0.2) is 0 Å². The van der Waals surface area contributed by atoms with Gasteiger partial charge in [-0.3, -0.25) is 9.11 Å². The number of methoxy groups -OCH3 is 1. The summed E-state index contributed by atoms with van der Waals surface area (Å²) in [6.45, 7) is 4.98. The van der Waals surface area contributed by atoms with Crippen molar-refractivity contribution in [2.45, 2.75) is 30.6 Å². The molecule has 5 aromatic rings. The molecule has 0 aromatic heterocycles. The molecule has 0 saturated heterocycles. The number of phenols is 1. The fraction of sp³-hybridized carbons (Fsp3) is 0.125. The summed E-state index contributed by atoms with van der Waals surface area (Å²) in [5, 5.41) is 31.3. The van der Waals surface area contributed by atoms with Gasteiger partial charge in [0.05, 0.1) is 12.8 Å². The van der Waals surface area contributed by atoms with Crippen LogP contribution >= 0.6 is 0 Å². The smallest absolute Gasteiger partial charge is 0.296 e. The van der Waals surface area contributed by atoms with Crippen molar-refractivity contribution in [2.24, 2.45) is 20.5 Å². The molecule has 0 fully saturated rings. The molecule has 0 atom stereocenters. The zero-order valence-corrected chi connectivity index (χ0v) is 30.1. The molecule has 0 aliphatic carbocycles. The number of benzene rings is 5. The molecule has 0 aliphatic rings. The van der Waals surface area contributed by atoms with E-state index in [1.165, 1.54) is 31.4 Å². The molecule has 0 saturated carbocycles. The average molecular weight is 699 g/mol. The Labute approximate surface area is 299 Å². The zero-order valence-electron chi connectivity index (χ0n) is 26.5. The van der Waals surface area contributed by atoms with Crippen LogP contribution in [0.25, 0.3) is 10.8 Å². The Morgan fingerprint density at radius 1 is 0.667 bits per heavy atom. The quantitative estimate of drug-likeness (QED) is 0.0666. The zero-order chi connectivity index (χ0) is 34.1. The van der Waals surface area contributed by atoms with Gasteiger partial charge >= 0.3 is 0 Å². The fourth-order valence-electron chi connectivity index (χ4n) is 4.88. The summed E-state index contributed by atoms with van der Waals surface area (Å²) in [6, 6.07) is 21.3. The van der Waals surface area contributed by atoms with Crippen LogP contribution < -0.4 is 10.1 Å². The topological polar surface area (TPSA) is 200 Å². The van der Waals surface area contributed by atoms with Gasteiger partial charge in [0.2, 0.25) is 0 Å². The number of fused-ring (bicyclic) bond motifs is 1. The van der Waals surface area contributed by atoms with Crippen LogP contribution in [0.3, 0.4) is 0 Å². The van der Waals surface area contributed by atoms with E-state index < -0.39 is 36.6 Å². The number of hydrogen-bond donors (Lipinski definition) is 4. The van der Waals surface area contributed by atoms with Crippen LogP contribution in [0.5, 0.6) is 11.5 Å². The summed E-state index contributed by atoms with van der Waals surface area (Å²) in [5.74, 6) is -0.386. The number of hydrogen-bond acceptors (Lipinski definition) is 11. The van der Waals surface area contributed by atoms with Crippen molar-refractivity contribution in [3.05, 3.63) is 95.6 Å². The maximum Gasteiger partial charge on any atom is 0.296 e. The van der Waals surface area contributed by atoms with Crippen molar-refractivity contribution in [1.82, 2.24) is 0 Å². The molecular weight excluding hydrogens is 670 g/mol. The minimum Gasteiger partial charge on any atom is -0.505 e. The number of anilines is 2. The molecule has 0 bridgehead atoms. The first-order valence-corrected chi connectivity index (χ1v) is 16.7. The second-order valence-electron chi connectivity index (χ2n) is 10.6. The molecule has 0 unspecified atom stereocenters. The minimum atomic E-state index is -4.86. The number of azo groups is 2. The normalized spacial score (nSPS) is 12.0. The summed E-state index contributed by atoms with van der Waals surface area (Å²) in [6.07, 6.45) is 0. The largest absolute Gasteiger partial charge is 0.505 e. The van der Waals surface area contributed by atoms with Gasteiger partial charge in [-0.15, -0.1) is 15.3 Å². The van der Waals surface area contributed by atoms with Crippen molar-refractivity contribution in [3.63, 3.8) is 0 Å². The molecule has 16 heteroatoms. The summed E-state index contributed by atoms with van der Waals surface area (Å²) < 4.78 is 73.9. The third-order valence-corrected chi connectivity index (χ3v) is 8.83. The van der Waals surface area contributed by atoms with E-state index in [4.69, 9.17) is 4.74 Å². The maximum atomic E-state index is 12.4. The average Bonchev–Trinajstić information content (AvgIpc) is 3.00. The van der Waals surface area contributed by atoms with Crippen LogP contribution in [-0.4, -0.2) is 67.7 Å². The summed E-state index contributed by atoms with van der Waals surface area (Å²) in [5.41, 5.74) is 2.87. The number of ether oxygens (including phenoxy) is 1. The van der Waals surface area contributed by atoms with Crippen molar-refractivity contribution in [2.75, 3.05) is 12.4 Å². The Balaban J connectivity index is 0.00000520. The number of para-hydroxylation sites is 1. The number of nitrogens with one attached hydrogen (secondary N) is 1. The van der Waals surface area contributed by atoms with Gasteiger partial charge in [0, 0.05) is 52.4 Å². The van der Waals surface area contributed by atoms with Crippen molar-refractivity contribution >= 4 is 94.7 Å². The van der Waals surface area contributed by atoms with Crippen LogP contribution in [0.15, 0.2) is 109 Å². The Hall–Kier alpha value is -4.22. The fourth-order valence-corrected chi connectivity index (χ4v) is 6.31. The standard InChI is InChI=1S/C32H29N5O8S2.Na/c1-18-12-20(3)30(28(13-18)46(39,40)41)36-34-25-17-27(45-4)26(14-19(25)2)35-37-31-29(47(42,43)44)16-21-15-23(10-11-24(21)32(31)38)33-22-8-6-5-7-9-22;/h5-17,33,38H,1-4H3,(H,39,40,41)(H,42,43,44);. The Morgan fingerprint density at radius 3 is 1.94 bits per heavy atom. The van der Waals surface area contributed by atoms with E-state index in [-0.39, 0.29) is 62.7 Å². The van der Waals surface area contributed by atoms with E-state index in [2.05, 4.69) is 25.8 Å². The van der Waals surface area contributed by atoms with Crippen molar-refractivity contribution in [3.8, 4) is 11.5 Å². The first-order chi connectivity index (χ1) is 22.2. The molecular formula is C32H29N5NaO8S2. The second kappa shape index (κ2) is 14.5. The monoisotopic (exact) mass is 698 g/mol. The van der Waals surface area contributed by atoms with Gasteiger partial charge in [0.25, 0.3) is 20.2 Å². The van der Waals surface area contributed by atoms with E-state index in [1.54, 1.807) is 45.0 Å². The minimum absolute atomic E-state index is 0. The number of nitrogens with zero attached hydrogens (tertiary/aromatic N) is 4. The van der Waals surface area contributed by atoms with Crippen LogP contribution in [0.2, 0.25) is 0 Å². The molecule has 48 heavy (non-hydrogen) atoms. The van der Waals surface area contributed by atoms with Gasteiger partial charge in [0.15, 0.2) is 5.75 Å². The molecule has 13 nitrogen and oxygen atoms in total. The van der Waals surface area contributed by atoms with Gasteiger partial charge in [0.1, 0.15) is 32.6 Å². The van der Waals surface area contributed by atoms with E-state index in [1.807, 2.05) is 30.3 Å². The molecule has 0 amide bonds. The van der Waals surface area contributed by atoms with E-state index >= 15 is 0 Å². The first-order valence-electron chi connectivity index (χ1n) is 13.9. The number of aromatic hydroxyl groups is 1. The molecule has 5 rings (SSSR count). The molecule has 243 valence electrons. The number of rotatable bonds is 9. The molecule has 0 heterocycles. The molecule has 4 N–H and O–H groups in total. The summed E-state index contributed by atoms with van der Waals surface area (Å²) in [7, 11) is -8.09. The Bertz CT molecular complexity index is 2320. The van der Waals surface area contributed by atoms with E-state index in [0.29, 0.717) is 27.8 Å². The van der Waals surface area contributed by atoms with Crippen LogP contribution in [0.4, 0.5) is 34.1 Å². The second-order valence-corrected chi connectivity index (χ2v) is 13.4. The molecule has 5 aromatic carbocycles. The number of phenolic OH excluding ortho intramolecular Hbond substituents is 1. The summed E-state index contributed by atoms with van der Waals surface area (Å²) in [4.78, 5) is -1.05. The van der Waals surface area contributed by atoms with Crippen LogP contribution in [0, 0.1) is 20.8 Å². The van der Waals surface area contributed by atoms with Gasteiger partial charge in [-0.1, -0.05) is 24.3 Å². The SMILES string of the molecule is COc1cc(N=Nc2c(C)cc(C)cc2S(=O)(=O)O)c(C)cc1N=Nc1c(S(=O)(=O)O)cc2cc(Nc3ccccc3)ccc2c1O.[Na]. The Morgan fingerprint density at radius 2 is 1.29 bits per heavy atom. The predicted octanol–water partition coefficient (Wildman–Crippen LogP) is 8.17.